The summed E-state index contributed by atoms with van der Waals surface area (Å²) in [4.78, 5) is 16.4. The van der Waals surface area contributed by atoms with Gasteiger partial charge in [-0.1, -0.05) is 50.2 Å². The van der Waals surface area contributed by atoms with Crippen molar-refractivity contribution >= 4 is 17.9 Å². The monoisotopic (exact) mass is 321 g/mol. The number of benzene rings is 2. The summed E-state index contributed by atoms with van der Waals surface area (Å²) in [6.07, 6.45) is 1.73. The Balaban J connectivity index is 1.91. The summed E-state index contributed by atoms with van der Waals surface area (Å²) in [5, 5.41) is 0. The van der Waals surface area contributed by atoms with Crippen LogP contribution in [0.25, 0.3) is 6.08 Å². The molecule has 0 fully saturated rings. The van der Waals surface area contributed by atoms with Crippen molar-refractivity contribution in [1.82, 2.24) is 0 Å². The van der Waals surface area contributed by atoms with Gasteiger partial charge in [0.05, 0.1) is 12.7 Å². The normalized spacial score (nSPS) is 15.6. The molecule has 0 radical (unpaired) electrons. The van der Waals surface area contributed by atoms with Gasteiger partial charge < -0.3 is 9.47 Å². The molecule has 0 aliphatic carbocycles. The molecule has 3 rings (SSSR count). The molecule has 0 bridgehead atoms. The van der Waals surface area contributed by atoms with Crippen molar-refractivity contribution in [3.8, 4) is 5.75 Å². The SMILES string of the molecule is COc1ccccc1C1=NC(=Cc2ccc(C(C)C)cc2)C(=O)O1. The van der Waals surface area contributed by atoms with Crippen molar-refractivity contribution in [3.63, 3.8) is 0 Å². The van der Waals surface area contributed by atoms with Gasteiger partial charge in [0.1, 0.15) is 5.75 Å². The molecule has 0 spiro atoms. The number of ether oxygens (including phenoxy) is 2. The molecule has 0 aromatic heterocycles. The molecule has 4 nitrogen and oxygen atoms in total. The zero-order valence-corrected chi connectivity index (χ0v) is 13.9. The molecular weight excluding hydrogens is 302 g/mol. The van der Waals surface area contributed by atoms with Crippen LogP contribution < -0.4 is 4.74 Å². The maximum atomic E-state index is 12.1. The van der Waals surface area contributed by atoms with Gasteiger partial charge in [-0.25, -0.2) is 9.79 Å². The molecule has 0 atom stereocenters. The number of aliphatic imine (C=N–C) groups is 1. The first-order valence-electron chi connectivity index (χ1n) is 7.84. The maximum absolute atomic E-state index is 12.1. The number of rotatable bonds is 4. The number of hydrogen-bond acceptors (Lipinski definition) is 4. The Kier molecular flexibility index (Phi) is 4.47. The lowest BCUT2D eigenvalue weighted by atomic mass is 10.0. The van der Waals surface area contributed by atoms with Crippen molar-refractivity contribution in [3.05, 3.63) is 70.9 Å². The van der Waals surface area contributed by atoms with Crippen LogP contribution in [-0.4, -0.2) is 19.0 Å². The van der Waals surface area contributed by atoms with Crippen LogP contribution in [0.4, 0.5) is 0 Å². The Morgan fingerprint density at radius 1 is 1.08 bits per heavy atom. The van der Waals surface area contributed by atoms with E-state index in [1.54, 1.807) is 19.3 Å². The van der Waals surface area contributed by atoms with Gasteiger partial charge in [-0.3, -0.25) is 0 Å². The molecule has 4 heteroatoms. The molecule has 0 saturated heterocycles. The third-order valence-electron chi connectivity index (χ3n) is 3.86. The van der Waals surface area contributed by atoms with Crippen molar-refractivity contribution < 1.29 is 14.3 Å². The van der Waals surface area contributed by atoms with Crippen LogP contribution in [0.2, 0.25) is 0 Å². The number of para-hydroxylation sites is 1. The largest absolute Gasteiger partial charge is 0.496 e. The fourth-order valence-corrected chi connectivity index (χ4v) is 2.48. The number of esters is 1. The van der Waals surface area contributed by atoms with Gasteiger partial charge >= 0.3 is 5.97 Å². The average molecular weight is 321 g/mol. The lowest BCUT2D eigenvalue weighted by Gasteiger charge is -2.05. The van der Waals surface area contributed by atoms with Gasteiger partial charge in [-0.05, 0) is 35.3 Å². The van der Waals surface area contributed by atoms with E-state index in [4.69, 9.17) is 9.47 Å². The standard InChI is InChI=1S/C20H19NO3/c1-13(2)15-10-8-14(9-11-15)12-17-20(22)24-19(21-17)16-6-4-5-7-18(16)23-3/h4-13H,1-3H3. The topological polar surface area (TPSA) is 47.9 Å². The highest BCUT2D eigenvalue weighted by atomic mass is 16.6. The van der Waals surface area contributed by atoms with E-state index in [0.29, 0.717) is 17.2 Å². The summed E-state index contributed by atoms with van der Waals surface area (Å²) < 4.78 is 10.6. The second-order valence-corrected chi connectivity index (χ2v) is 5.86. The average Bonchev–Trinajstić information content (AvgIpc) is 2.96. The molecule has 1 aliphatic rings. The Morgan fingerprint density at radius 2 is 1.79 bits per heavy atom. The van der Waals surface area contributed by atoms with Crippen molar-refractivity contribution in [2.24, 2.45) is 4.99 Å². The minimum atomic E-state index is -0.455. The summed E-state index contributed by atoms with van der Waals surface area (Å²) in [6, 6.07) is 15.4. The molecule has 122 valence electrons. The van der Waals surface area contributed by atoms with Crippen LogP contribution in [0, 0.1) is 0 Å². The molecule has 0 unspecified atom stereocenters. The molecule has 2 aromatic carbocycles. The van der Waals surface area contributed by atoms with Gasteiger partial charge in [0, 0.05) is 0 Å². The summed E-state index contributed by atoms with van der Waals surface area (Å²) in [5.74, 6) is 0.899. The summed E-state index contributed by atoms with van der Waals surface area (Å²) >= 11 is 0. The Bertz CT molecular complexity index is 817. The Hall–Kier alpha value is -2.88. The number of methoxy groups -OCH3 is 1. The maximum Gasteiger partial charge on any atom is 0.363 e. The van der Waals surface area contributed by atoms with E-state index >= 15 is 0 Å². The summed E-state index contributed by atoms with van der Waals surface area (Å²) in [6.45, 7) is 4.29. The van der Waals surface area contributed by atoms with Gasteiger partial charge in [-0.2, -0.15) is 0 Å². The fourth-order valence-electron chi connectivity index (χ4n) is 2.48. The van der Waals surface area contributed by atoms with Crippen LogP contribution in [0.1, 0.15) is 36.5 Å². The minimum absolute atomic E-state index is 0.266. The van der Waals surface area contributed by atoms with Crippen LogP contribution >= 0.6 is 0 Å². The second kappa shape index (κ2) is 6.71. The van der Waals surface area contributed by atoms with Gasteiger partial charge in [0.15, 0.2) is 5.70 Å². The number of carbonyl (C=O) groups is 1. The van der Waals surface area contributed by atoms with E-state index in [-0.39, 0.29) is 11.6 Å². The van der Waals surface area contributed by atoms with E-state index < -0.39 is 5.97 Å². The third kappa shape index (κ3) is 3.23. The van der Waals surface area contributed by atoms with Crippen LogP contribution in [-0.2, 0) is 9.53 Å². The number of nitrogens with zero attached hydrogens (tertiary/aromatic N) is 1. The van der Waals surface area contributed by atoms with E-state index in [2.05, 4.69) is 31.0 Å². The fraction of sp³-hybridized carbons (Fsp3) is 0.200. The van der Waals surface area contributed by atoms with E-state index in [1.807, 2.05) is 30.3 Å². The number of carbonyl (C=O) groups excluding carboxylic acids is 1. The molecule has 24 heavy (non-hydrogen) atoms. The first-order chi connectivity index (χ1) is 11.6. The molecule has 1 aliphatic heterocycles. The first kappa shape index (κ1) is 16.0. The molecular formula is C20H19NO3. The highest BCUT2D eigenvalue weighted by molar-refractivity contribution is 6.13. The van der Waals surface area contributed by atoms with Gasteiger partial charge in [-0.15, -0.1) is 0 Å². The molecule has 0 N–H and O–H groups in total. The Morgan fingerprint density at radius 3 is 2.46 bits per heavy atom. The summed E-state index contributed by atoms with van der Waals surface area (Å²) in [5.41, 5.74) is 3.11. The van der Waals surface area contributed by atoms with E-state index in [9.17, 15) is 4.79 Å². The van der Waals surface area contributed by atoms with Crippen molar-refractivity contribution in [1.29, 1.82) is 0 Å². The summed E-state index contributed by atoms with van der Waals surface area (Å²) in [7, 11) is 1.57. The predicted molar refractivity (Wildman–Crippen MR) is 94.1 cm³/mol. The lowest BCUT2D eigenvalue weighted by Crippen LogP contribution is -2.06. The molecule has 0 saturated carbocycles. The van der Waals surface area contributed by atoms with E-state index in [0.717, 1.165) is 5.56 Å². The lowest BCUT2D eigenvalue weighted by molar-refractivity contribution is -0.129. The molecule has 0 amide bonds. The highest BCUT2D eigenvalue weighted by Gasteiger charge is 2.26. The van der Waals surface area contributed by atoms with Crippen LogP contribution in [0.5, 0.6) is 5.75 Å². The highest BCUT2D eigenvalue weighted by Crippen LogP contribution is 2.25. The second-order valence-electron chi connectivity index (χ2n) is 5.86. The Labute approximate surface area is 141 Å². The predicted octanol–water partition coefficient (Wildman–Crippen LogP) is 4.16. The molecule has 2 aromatic rings. The first-order valence-corrected chi connectivity index (χ1v) is 7.84. The van der Waals surface area contributed by atoms with Crippen molar-refractivity contribution in [2.45, 2.75) is 19.8 Å². The van der Waals surface area contributed by atoms with Gasteiger partial charge in [0.2, 0.25) is 5.90 Å². The van der Waals surface area contributed by atoms with Gasteiger partial charge in [0.25, 0.3) is 0 Å². The number of cyclic esters (lactones) is 1. The zero-order chi connectivity index (χ0) is 17.1. The number of hydrogen-bond donors (Lipinski definition) is 0. The van der Waals surface area contributed by atoms with Crippen LogP contribution in [0.3, 0.4) is 0 Å². The quantitative estimate of drug-likeness (QED) is 0.627. The van der Waals surface area contributed by atoms with Crippen molar-refractivity contribution in [2.75, 3.05) is 7.11 Å². The smallest absolute Gasteiger partial charge is 0.363 e. The molecule has 1 heterocycles. The zero-order valence-electron chi connectivity index (χ0n) is 13.9. The van der Waals surface area contributed by atoms with Crippen LogP contribution in [0.15, 0.2) is 59.2 Å². The minimum Gasteiger partial charge on any atom is -0.496 e. The van der Waals surface area contributed by atoms with E-state index in [1.165, 1.54) is 5.56 Å². The third-order valence-corrected chi connectivity index (χ3v) is 3.86.